The van der Waals surface area contributed by atoms with Gasteiger partial charge in [-0.15, -0.1) is 0 Å². The van der Waals surface area contributed by atoms with Gasteiger partial charge in [0, 0.05) is 6.54 Å². The molecule has 0 aromatic carbocycles. The van der Waals surface area contributed by atoms with Crippen molar-refractivity contribution in [3.05, 3.63) is 16.4 Å². The van der Waals surface area contributed by atoms with E-state index in [1.165, 1.54) is 0 Å². The molecular formula is C10H14BrN3O. The molecule has 2 rings (SSSR count). The molecule has 0 atom stereocenters. The van der Waals surface area contributed by atoms with Crippen LogP contribution in [0.15, 0.2) is 10.7 Å². The highest BCUT2D eigenvalue weighted by Gasteiger charge is 2.47. The first kappa shape index (κ1) is 10.8. The summed E-state index contributed by atoms with van der Waals surface area (Å²) in [6.07, 6.45) is 4.19. The Kier molecular flexibility index (Phi) is 2.68. The SMILES string of the molecule is CCCn1ncc(Br)c1C(=O)C1(N)CC1. The number of aryl methyl sites for hydroxylation is 1. The molecule has 4 nitrogen and oxygen atoms in total. The highest BCUT2D eigenvalue weighted by molar-refractivity contribution is 9.10. The van der Waals surface area contributed by atoms with Crippen LogP contribution in [0.2, 0.25) is 0 Å². The van der Waals surface area contributed by atoms with Crippen LogP contribution in [-0.4, -0.2) is 21.1 Å². The molecule has 82 valence electrons. The number of ketones is 1. The molecule has 1 aliphatic rings. The topological polar surface area (TPSA) is 60.9 Å². The Hall–Kier alpha value is -0.680. The molecule has 2 N–H and O–H groups in total. The van der Waals surface area contributed by atoms with Crippen LogP contribution < -0.4 is 5.73 Å². The summed E-state index contributed by atoms with van der Waals surface area (Å²) >= 11 is 3.35. The van der Waals surface area contributed by atoms with Crippen LogP contribution in [0.1, 0.15) is 36.7 Å². The van der Waals surface area contributed by atoms with E-state index in [1.54, 1.807) is 10.9 Å². The van der Waals surface area contributed by atoms with Crippen molar-refractivity contribution in [2.75, 3.05) is 0 Å². The van der Waals surface area contributed by atoms with Gasteiger partial charge < -0.3 is 5.73 Å². The number of halogens is 1. The van der Waals surface area contributed by atoms with E-state index in [4.69, 9.17) is 5.73 Å². The van der Waals surface area contributed by atoms with E-state index in [-0.39, 0.29) is 5.78 Å². The second-order valence-corrected chi connectivity index (χ2v) is 4.90. The van der Waals surface area contributed by atoms with Crippen LogP contribution in [-0.2, 0) is 6.54 Å². The maximum atomic E-state index is 12.1. The summed E-state index contributed by atoms with van der Waals surface area (Å²) in [5.41, 5.74) is 5.91. The molecule has 0 spiro atoms. The quantitative estimate of drug-likeness (QED) is 0.849. The zero-order chi connectivity index (χ0) is 11.1. The van der Waals surface area contributed by atoms with Gasteiger partial charge in [0.05, 0.1) is 16.2 Å². The summed E-state index contributed by atoms with van der Waals surface area (Å²) in [7, 11) is 0. The van der Waals surface area contributed by atoms with Crippen molar-refractivity contribution < 1.29 is 4.79 Å². The third-order valence-corrected chi connectivity index (χ3v) is 3.27. The summed E-state index contributed by atoms with van der Waals surface area (Å²) in [6.45, 7) is 2.81. The minimum Gasteiger partial charge on any atom is -0.319 e. The summed E-state index contributed by atoms with van der Waals surface area (Å²) in [5.74, 6) is 0.0142. The highest BCUT2D eigenvalue weighted by Crippen LogP contribution is 2.37. The number of hydrogen-bond donors (Lipinski definition) is 1. The number of carbonyl (C=O) groups excluding carboxylic acids is 1. The van der Waals surface area contributed by atoms with Gasteiger partial charge in [-0.1, -0.05) is 6.92 Å². The average Bonchev–Trinajstić information content (AvgIpc) is 2.85. The Morgan fingerprint density at radius 3 is 2.93 bits per heavy atom. The molecule has 1 aromatic rings. The van der Waals surface area contributed by atoms with Crippen LogP contribution in [0.4, 0.5) is 0 Å². The molecule has 0 bridgehead atoms. The van der Waals surface area contributed by atoms with Crippen molar-refractivity contribution in [3.8, 4) is 0 Å². The molecule has 0 radical (unpaired) electrons. The van der Waals surface area contributed by atoms with Gasteiger partial charge in [-0.05, 0) is 35.2 Å². The fourth-order valence-corrected chi connectivity index (χ4v) is 2.04. The molecule has 1 aliphatic carbocycles. The van der Waals surface area contributed by atoms with Crippen molar-refractivity contribution in [2.45, 2.75) is 38.3 Å². The number of aromatic nitrogens is 2. The van der Waals surface area contributed by atoms with Gasteiger partial charge in [-0.2, -0.15) is 5.10 Å². The molecule has 0 saturated heterocycles. The van der Waals surface area contributed by atoms with Gasteiger partial charge in [-0.25, -0.2) is 0 Å². The fraction of sp³-hybridized carbons (Fsp3) is 0.600. The standard InChI is InChI=1S/C10H14BrN3O/c1-2-5-14-8(7(11)6-13-14)9(15)10(12)3-4-10/h6H,2-5,12H2,1H3. The molecule has 1 saturated carbocycles. The average molecular weight is 272 g/mol. The predicted molar refractivity (Wildman–Crippen MR) is 60.7 cm³/mol. The van der Waals surface area contributed by atoms with E-state index in [9.17, 15) is 4.79 Å². The number of Topliss-reactive ketones (excluding diaryl/α,β-unsaturated/α-hetero) is 1. The van der Waals surface area contributed by atoms with Crippen LogP contribution in [0.3, 0.4) is 0 Å². The first-order valence-electron chi connectivity index (χ1n) is 5.13. The Labute approximate surface area is 97.0 Å². The number of hydrogen-bond acceptors (Lipinski definition) is 3. The lowest BCUT2D eigenvalue weighted by Gasteiger charge is -2.10. The summed E-state index contributed by atoms with van der Waals surface area (Å²) < 4.78 is 2.48. The van der Waals surface area contributed by atoms with E-state index in [0.29, 0.717) is 5.69 Å². The maximum absolute atomic E-state index is 12.1. The second kappa shape index (κ2) is 3.72. The first-order valence-corrected chi connectivity index (χ1v) is 5.93. The number of nitrogens with two attached hydrogens (primary N) is 1. The van der Waals surface area contributed by atoms with E-state index in [0.717, 1.165) is 30.3 Å². The van der Waals surface area contributed by atoms with Crippen molar-refractivity contribution in [3.63, 3.8) is 0 Å². The molecule has 0 unspecified atom stereocenters. The molecule has 0 aliphatic heterocycles. The van der Waals surface area contributed by atoms with Crippen molar-refractivity contribution in [2.24, 2.45) is 5.73 Å². The van der Waals surface area contributed by atoms with Gasteiger partial charge in [0.15, 0.2) is 0 Å². The van der Waals surface area contributed by atoms with Gasteiger partial charge in [-0.3, -0.25) is 9.48 Å². The van der Waals surface area contributed by atoms with Crippen LogP contribution >= 0.6 is 15.9 Å². The Morgan fingerprint density at radius 2 is 2.40 bits per heavy atom. The molecule has 15 heavy (non-hydrogen) atoms. The zero-order valence-electron chi connectivity index (χ0n) is 8.66. The van der Waals surface area contributed by atoms with Crippen molar-refractivity contribution in [1.29, 1.82) is 0 Å². The third-order valence-electron chi connectivity index (χ3n) is 2.69. The minimum absolute atomic E-state index is 0.0142. The Morgan fingerprint density at radius 1 is 1.73 bits per heavy atom. The monoisotopic (exact) mass is 271 g/mol. The van der Waals surface area contributed by atoms with E-state index >= 15 is 0 Å². The lowest BCUT2D eigenvalue weighted by molar-refractivity contribution is 0.0937. The number of rotatable bonds is 4. The fourth-order valence-electron chi connectivity index (χ4n) is 1.57. The van der Waals surface area contributed by atoms with Gasteiger partial charge in [0.25, 0.3) is 0 Å². The van der Waals surface area contributed by atoms with E-state index < -0.39 is 5.54 Å². The normalized spacial score (nSPS) is 17.8. The third kappa shape index (κ3) is 1.86. The van der Waals surface area contributed by atoms with Gasteiger partial charge >= 0.3 is 0 Å². The van der Waals surface area contributed by atoms with Crippen molar-refractivity contribution in [1.82, 2.24) is 9.78 Å². The molecule has 1 fully saturated rings. The Bertz CT molecular complexity index is 395. The highest BCUT2D eigenvalue weighted by atomic mass is 79.9. The number of nitrogens with zero attached hydrogens (tertiary/aromatic N) is 2. The molecule has 1 heterocycles. The summed E-state index contributed by atoms with van der Waals surface area (Å²) in [5, 5.41) is 4.16. The van der Waals surface area contributed by atoms with Crippen LogP contribution in [0.5, 0.6) is 0 Å². The van der Waals surface area contributed by atoms with Crippen LogP contribution in [0, 0.1) is 0 Å². The second-order valence-electron chi connectivity index (χ2n) is 4.05. The molecule has 5 heteroatoms. The molecular weight excluding hydrogens is 258 g/mol. The largest absolute Gasteiger partial charge is 0.319 e. The van der Waals surface area contributed by atoms with Gasteiger partial charge in [0.2, 0.25) is 5.78 Å². The van der Waals surface area contributed by atoms with E-state index in [2.05, 4.69) is 28.0 Å². The zero-order valence-corrected chi connectivity index (χ0v) is 10.2. The Balaban J connectivity index is 2.33. The van der Waals surface area contributed by atoms with Crippen LogP contribution in [0.25, 0.3) is 0 Å². The maximum Gasteiger partial charge on any atom is 0.201 e. The predicted octanol–water partition coefficient (Wildman–Crippen LogP) is 1.73. The molecule has 1 aromatic heterocycles. The smallest absolute Gasteiger partial charge is 0.201 e. The van der Waals surface area contributed by atoms with Crippen molar-refractivity contribution >= 4 is 21.7 Å². The first-order chi connectivity index (χ1) is 7.08. The van der Waals surface area contributed by atoms with E-state index in [1.807, 2.05) is 0 Å². The number of carbonyl (C=O) groups is 1. The van der Waals surface area contributed by atoms with Gasteiger partial charge in [0.1, 0.15) is 5.69 Å². The lowest BCUT2D eigenvalue weighted by atomic mass is 10.1. The minimum atomic E-state index is -0.617. The summed E-state index contributed by atoms with van der Waals surface area (Å²) in [4.78, 5) is 12.1. The molecule has 0 amide bonds. The summed E-state index contributed by atoms with van der Waals surface area (Å²) in [6, 6.07) is 0. The lowest BCUT2D eigenvalue weighted by Crippen LogP contribution is -2.34.